The normalized spacial score (nSPS) is 16.5. The minimum absolute atomic E-state index is 0.0361. The molecule has 176 valence electrons. The number of aromatic amines is 1. The van der Waals surface area contributed by atoms with E-state index in [1.165, 1.54) is 14.0 Å². The first-order valence-electron chi connectivity index (χ1n) is 10.5. The Kier molecular flexibility index (Phi) is 6.78. The fraction of sp³-hybridized carbons (Fsp3) is 0.435. The van der Waals surface area contributed by atoms with Gasteiger partial charge in [-0.25, -0.2) is 4.98 Å². The van der Waals surface area contributed by atoms with Crippen LogP contribution in [0, 0.1) is 12.3 Å². The molecule has 1 aliphatic heterocycles. The van der Waals surface area contributed by atoms with Gasteiger partial charge in [-0.05, 0) is 31.5 Å². The molecule has 1 aliphatic rings. The maximum atomic E-state index is 13.1. The molecule has 9 nitrogen and oxygen atoms in total. The van der Waals surface area contributed by atoms with E-state index in [2.05, 4.69) is 15.0 Å². The molecular weight excluding hydrogens is 446 g/mol. The second-order valence-electron chi connectivity index (χ2n) is 8.48. The number of methoxy groups -OCH3 is 1. The summed E-state index contributed by atoms with van der Waals surface area (Å²) in [5, 5.41) is 0.310. The SMILES string of the molecule is COc1c(OCC2(C)COCOC2)ccnc1CS(=O)c1nc2cc(C(C)=O)c(C)cc2[nH]1. The number of aromatic nitrogens is 3. The van der Waals surface area contributed by atoms with Crippen LogP contribution in [-0.2, 0) is 26.0 Å². The second kappa shape index (κ2) is 9.58. The standard InChI is InChI=1S/C23H27N3O6S/c1-14-7-17-18(8-16(14)15(2)27)26-22(25-17)33(28)9-19-21(29-4)20(5-6-24-19)32-12-23(3)10-30-13-31-11-23/h5-8H,9-13H2,1-4H3,(H,25,26). The van der Waals surface area contributed by atoms with Gasteiger partial charge in [-0.1, -0.05) is 6.92 Å². The van der Waals surface area contributed by atoms with Crippen molar-refractivity contribution in [2.75, 3.05) is 33.7 Å². The Morgan fingerprint density at radius 1 is 1.30 bits per heavy atom. The highest BCUT2D eigenvalue weighted by Crippen LogP contribution is 2.33. The van der Waals surface area contributed by atoms with Crippen LogP contribution >= 0.6 is 0 Å². The molecule has 0 saturated carbocycles. The van der Waals surface area contributed by atoms with Crippen LogP contribution < -0.4 is 9.47 Å². The van der Waals surface area contributed by atoms with Gasteiger partial charge < -0.3 is 23.9 Å². The van der Waals surface area contributed by atoms with Crippen molar-refractivity contribution in [1.82, 2.24) is 15.0 Å². The van der Waals surface area contributed by atoms with Gasteiger partial charge in [0.1, 0.15) is 6.79 Å². The lowest BCUT2D eigenvalue weighted by atomic mass is 9.94. The van der Waals surface area contributed by atoms with Crippen molar-refractivity contribution in [3.8, 4) is 11.5 Å². The number of H-pyrrole nitrogens is 1. The van der Waals surface area contributed by atoms with Crippen LogP contribution in [-0.4, -0.2) is 58.7 Å². The second-order valence-corrected chi connectivity index (χ2v) is 9.84. The molecule has 10 heteroatoms. The number of benzene rings is 1. The van der Waals surface area contributed by atoms with Gasteiger partial charge in [0.2, 0.25) is 0 Å². The zero-order valence-corrected chi connectivity index (χ0v) is 19.9. The Hall–Kier alpha value is -2.82. The van der Waals surface area contributed by atoms with Crippen molar-refractivity contribution < 1.29 is 28.0 Å². The highest BCUT2D eigenvalue weighted by molar-refractivity contribution is 7.84. The van der Waals surface area contributed by atoms with Gasteiger partial charge in [-0.3, -0.25) is 14.0 Å². The lowest BCUT2D eigenvalue weighted by molar-refractivity contribution is -0.167. The summed E-state index contributed by atoms with van der Waals surface area (Å²) in [7, 11) is 0.00859. The number of imidazole rings is 1. The van der Waals surface area contributed by atoms with Gasteiger partial charge in [-0.15, -0.1) is 0 Å². The molecule has 3 aromatic rings. The first-order valence-corrected chi connectivity index (χ1v) is 11.8. The van der Waals surface area contributed by atoms with Gasteiger partial charge in [0.25, 0.3) is 0 Å². The van der Waals surface area contributed by atoms with Gasteiger partial charge in [0.15, 0.2) is 22.4 Å². The molecule has 1 atom stereocenters. The number of ketones is 1. The van der Waals surface area contributed by atoms with Gasteiger partial charge >= 0.3 is 0 Å². The van der Waals surface area contributed by atoms with Crippen molar-refractivity contribution in [2.45, 2.75) is 31.7 Å². The number of aryl methyl sites for hydroxylation is 1. The van der Waals surface area contributed by atoms with Crippen LogP contribution in [0.3, 0.4) is 0 Å². The van der Waals surface area contributed by atoms with Crippen molar-refractivity contribution in [3.05, 3.63) is 41.2 Å². The third kappa shape index (κ3) is 5.07. The summed E-state index contributed by atoms with van der Waals surface area (Å²) in [5.41, 5.74) is 2.98. The van der Waals surface area contributed by atoms with Crippen LogP contribution in [0.2, 0.25) is 0 Å². The number of nitrogens with zero attached hydrogens (tertiary/aromatic N) is 2. The highest BCUT2D eigenvalue weighted by atomic mass is 32.2. The molecule has 0 aliphatic carbocycles. The smallest absolute Gasteiger partial charge is 0.197 e. The molecule has 1 N–H and O–H groups in total. The van der Waals surface area contributed by atoms with Crippen LogP contribution in [0.15, 0.2) is 29.6 Å². The average Bonchev–Trinajstić information content (AvgIpc) is 3.20. The maximum absolute atomic E-state index is 13.1. The van der Waals surface area contributed by atoms with Gasteiger partial charge in [-0.2, -0.15) is 0 Å². The minimum Gasteiger partial charge on any atom is -0.491 e. The summed E-state index contributed by atoms with van der Waals surface area (Å²) in [6, 6.07) is 5.27. The monoisotopic (exact) mass is 473 g/mol. The summed E-state index contributed by atoms with van der Waals surface area (Å²) in [4.78, 5) is 23.7. The summed E-state index contributed by atoms with van der Waals surface area (Å²) in [5.74, 6) is 0.990. The summed E-state index contributed by atoms with van der Waals surface area (Å²) in [6.07, 6.45) is 1.60. The van der Waals surface area contributed by atoms with Crippen molar-refractivity contribution in [2.24, 2.45) is 5.41 Å². The molecule has 4 rings (SSSR count). The van der Waals surface area contributed by atoms with Crippen molar-refractivity contribution >= 4 is 27.6 Å². The van der Waals surface area contributed by atoms with E-state index in [0.717, 1.165) is 11.1 Å². The molecule has 2 aromatic heterocycles. The zero-order chi connectivity index (χ0) is 23.6. The molecule has 1 saturated heterocycles. The molecule has 1 unspecified atom stereocenters. The number of hydrogen-bond donors (Lipinski definition) is 1. The Labute approximate surface area is 194 Å². The van der Waals surface area contributed by atoms with Crippen LogP contribution in [0.1, 0.15) is 35.5 Å². The lowest BCUT2D eigenvalue weighted by Gasteiger charge is -2.32. The molecular formula is C23H27N3O6S. The summed E-state index contributed by atoms with van der Waals surface area (Å²) < 4.78 is 35.5. The molecule has 3 heterocycles. The van der Waals surface area contributed by atoms with Crippen LogP contribution in [0.4, 0.5) is 0 Å². The number of Topliss-reactive ketones (excluding diaryl/α,β-unsaturated/α-hetero) is 1. The number of carbonyl (C=O) groups excluding carboxylic acids is 1. The third-order valence-electron chi connectivity index (χ3n) is 5.46. The van der Waals surface area contributed by atoms with E-state index < -0.39 is 10.8 Å². The molecule has 1 aromatic carbocycles. The third-order valence-corrected chi connectivity index (χ3v) is 6.62. The molecule has 0 spiro atoms. The topological polar surface area (TPSA) is 113 Å². The van der Waals surface area contributed by atoms with E-state index in [4.69, 9.17) is 18.9 Å². The zero-order valence-electron chi connectivity index (χ0n) is 19.1. The molecule has 1 fully saturated rings. The molecule has 0 radical (unpaired) electrons. The van der Waals surface area contributed by atoms with E-state index in [1.54, 1.807) is 18.3 Å². The molecule has 0 bridgehead atoms. The van der Waals surface area contributed by atoms with Crippen molar-refractivity contribution in [1.29, 1.82) is 0 Å². The predicted molar refractivity (Wildman–Crippen MR) is 122 cm³/mol. The van der Waals surface area contributed by atoms with Gasteiger partial charge in [0, 0.05) is 23.2 Å². The fourth-order valence-electron chi connectivity index (χ4n) is 3.74. The molecule has 33 heavy (non-hydrogen) atoms. The fourth-order valence-corrected chi connectivity index (χ4v) is 4.75. The highest BCUT2D eigenvalue weighted by Gasteiger charge is 2.30. The number of fused-ring (bicyclic) bond motifs is 1. The number of rotatable bonds is 8. The maximum Gasteiger partial charge on any atom is 0.197 e. The van der Waals surface area contributed by atoms with Crippen LogP contribution in [0.5, 0.6) is 11.5 Å². The van der Waals surface area contributed by atoms with E-state index in [1.807, 2.05) is 19.9 Å². The predicted octanol–water partition coefficient (Wildman–Crippen LogP) is 3.17. The lowest BCUT2D eigenvalue weighted by Crippen LogP contribution is -2.39. The van der Waals surface area contributed by atoms with E-state index in [0.29, 0.717) is 60.0 Å². The first kappa shape index (κ1) is 23.3. The number of carbonyl (C=O) groups is 1. The quantitative estimate of drug-likeness (QED) is 0.497. The first-order chi connectivity index (χ1) is 15.8. The Morgan fingerprint density at radius 3 is 2.76 bits per heavy atom. The number of pyridine rings is 1. The van der Waals surface area contributed by atoms with E-state index >= 15 is 0 Å². The Bertz CT molecular complexity index is 1200. The number of nitrogens with one attached hydrogen (secondary N) is 1. The summed E-state index contributed by atoms with van der Waals surface area (Å²) in [6.45, 7) is 7.14. The van der Waals surface area contributed by atoms with E-state index in [-0.39, 0.29) is 17.0 Å². The van der Waals surface area contributed by atoms with Crippen LogP contribution in [0.25, 0.3) is 11.0 Å². The van der Waals surface area contributed by atoms with E-state index in [9.17, 15) is 9.00 Å². The number of ether oxygens (including phenoxy) is 4. The minimum atomic E-state index is -1.52. The molecule has 0 amide bonds. The largest absolute Gasteiger partial charge is 0.491 e. The van der Waals surface area contributed by atoms with Crippen molar-refractivity contribution in [3.63, 3.8) is 0 Å². The summed E-state index contributed by atoms with van der Waals surface area (Å²) >= 11 is 0. The van der Waals surface area contributed by atoms with Gasteiger partial charge in [0.05, 0.1) is 60.2 Å². The Morgan fingerprint density at radius 2 is 2.06 bits per heavy atom. The number of hydrogen-bond acceptors (Lipinski definition) is 8. The Balaban J connectivity index is 1.54. The average molecular weight is 474 g/mol.